The fourth-order valence-electron chi connectivity index (χ4n) is 7.48. The molecule has 0 fully saturated rings. The zero-order valence-corrected chi connectivity index (χ0v) is 27.6. The summed E-state index contributed by atoms with van der Waals surface area (Å²) in [5, 5.41) is 9.29. The molecule has 7 aromatic carbocycles. The zero-order chi connectivity index (χ0) is 34.2. The molecule has 0 bridgehead atoms. The highest BCUT2D eigenvalue weighted by Gasteiger charge is 2.45. The second kappa shape index (κ2) is 12.5. The third-order valence-electron chi connectivity index (χ3n) is 9.89. The molecule has 1 aliphatic carbocycles. The van der Waals surface area contributed by atoms with Crippen LogP contribution in [0.15, 0.2) is 182 Å². The summed E-state index contributed by atoms with van der Waals surface area (Å²) in [5.41, 5.74) is 12.4. The Morgan fingerprint density at radius 2 is 0.706 bits per heavy atom. The normalized spacial score (nSPS) is 12.5. The van der Waals surface area contributed by atoms with Gasteiger partial charge in [0.05, 0.1) is 17.0 Å². The van der Waals surface area contributed by atoms with Crippen LogP contribution in [0, 0.1) is 11.3 Å². The molecular formula is C47H30N4. The molecule has 0 N–H and O–H groups in total. The van der Waals surface area contributed by atoms with Crippen LogP contribution in [0.25, 0.3) is 56.4 Å². The first kappa shape index (κ1) is 30.1. The summed E-state index contributed by atoms with van der Waals surface area (Å²) in [5.74, 6) is 1.91. The quantitative estimate of drug-likeness (QED) is 0.180. The van der Waals surface area contributed by atoms with E-state index in [-0.39, 0.29) is 0 Å². The van der Waals surface area contributed by atoms with Crippen LogP contribution in [0.3, 0.4) is 0 Å². The first-order chi connectivity index (χ1) is 25.2. The van der Waals surface area contributed by atoms with Crippen LogP contribution >= 0.6 is 0 Å². The first-order valence-electron chi connectivity index (χ1n) is 17.0. The second-order valence-electron chi connectivity index (χ2n) is 12.7. The Morgan fingerprint density at radius 3 is 1.14 bits per heavy atom. The summed E-state index contributed by atoms with van der Waals surface area (Å²) in [7, 11) is 0. The molecule has 0 aliphatic heterocycles. The molecule has 0 saturated carbocycles. The molecule has 9 rings (SSSR count). The summed E-state index contributed by atoms with van der Waals surface area (Å²) < 4.78 is 0. The molecule has 0 spiro atoms. The summed E-state index contributed by atoms with van der Waals surface area (Å²) in [6.07, 6.45) is 0. The van der Waals surface area contributed by atoms with Crippen molar-refractivity contribution in [3.8, 4) is 62.5 Å². The summed E-state index contributed by atoms with van der Waals surface area (Å²) in [4.78, 5) is 14.8. The van der Waals surface area contributed by atoms with E-state index in [2.05, 4.69) is 103 Å². The van der Waals surface area contributed by atoms with Crippen molar-refractivity contribution < 1.29 is 0 Å². The molecule has 0 saturated heterocycles. The predicted octanol–water partition coefficient (Wildman–Crippen LogP) is 10.8. The number of hydrogen-bond acceptors (Lipinski definition) is 4. The molecule has 1 aliphatic rings. The Kier molecular flexibility index (Phi) is 7.38. The molecule has 4 nitrogen and oxygen atoms in total. The standard InChI is InChI=1S/C47H30N4/c48-31-32-19-21-33(22-20-32)34-23-27-38(28-24-34)47(42-17-9-7-15-40(42)41-16-8-10-18-43(41)47)39-29-25-37(26-30-39)46-50-44(35-11-3-1-4-12-35)49-45(51-46)36-13-5-2-6-14-36/h1-30H. The number of fused-ring (bicyclic) bond motifs is 3. The van der Waals surface area contributed by atoms with Gasteiger partial charge < -0.3 is 0 Å². The Labute approximate surface area is 297 Å². The van der Waals surface area contributed by atoms with E-state index in [9.17, 15) is 5.26 Å². The third kappa shape index (κ3) is 5.12. The maximum Gasteiger partial charge on any atom is 0.164 e. The summed E-state index contributed by atoms with van der Waals surface area (Å²) >= 11 is 0. The van der Waals surface area contributed by atoms with Crippen LogP contribution in [-0.2, 0) is 5.41 Å². The van der Waals surface area contributed by atoms with E-state index in [1.165, 1.54) is 27.8 Å². The van der Waals surface area contributed by atoms with Crippen LogP contribution in [0.5, 0.6) is 0 Å². The SMILES string of the molecule is N#Cc1ccc(-c2ccc(C3(c4ccc(-c5nc(-c6ccccc6)nc(-c6ccccc6)n5)cc4)c4ccccc4-c4ccccc43)cc2)cc1. The van der Waals surface area contributed by atoms with Gasteiger partial charge in [-0.05, 0) is 56.6 Å². The van der Waals surface area contributed by atoms with Crippen LogP contribution in [0.1, 0.15) is 27.8 Å². The average molecular weight is 651 g/mol. The smallest absolute Gasteiger partial charge is 0.164 e. The lowest BCUT2D eigenvalue weighted by Crippen LogP contribution is -2.28. The molecule has 4 heteroatoms. The molecule has 1 aromatic heterocycles. The van der Waals surface area contributed by atoms with Crippen molar-refractivity contribution in [3.05, 3.63) is 210 Å². The summed E-state index contributed by atoms with van der Waals surface area (Å²) in [6, 6.07) is 65.3. The van der Waals surface area contributed by atoms with Crippen LogP contribution in [0.2, 0.25) is 0 Å². The van der Waals surface area contributed by atoms with Crippen molar-refractivity contribution in [2.24, 2.45) is 0 Å². The second-order valence-corrected chi connectivity index (χ2v) is 12.7. The topological polar surface area (TPSA) is 62.5 Å². The van der Waals surface area contributed by atoms with Crippen LogP contribution < -0.4 is 0 Å². The van der Waals surface area contributed by atoms with Gasteiger partial charge in [0.15, 0.2) is 17.5 Å². The Hall–Kier alpha value is -6.96. The fraction of sp³-hybridized carbons (Fsp3) is 0.0213. The monoisotopic (exact) mass is 650 g/mol. The van der Waals surface area contributed by atoms with Crippen molar-refractivity contribution in [2.45, 2.75) is 5.41 Å². The van der Waals surface area contributed by atoms with Gasteiger partial charge in [0, 0.05) is 16.7 Å². The van der Waals surface area contributed by atoms with Crippen molar-refractivity contribution in [3.63, 3.8) is 0 Å². The van der Waals surface area contributed by atoms with Gasteiger partial charge >= 0.3 is 0 Å². The lowest BCUT2D eigenvalue weighted by atomic mass is 9.67. The largest absolute Gasteiger partial charge is 0.208 e. The molecule has 238 valence electrons. The van der Waals surface area contributed by atoms with Crippen molar-refractivity contribution >= 4 is 0 Å². The highest BCUT2D eigenvalue weighted by molar-refractivity contribution is 5.86. The van der Waals surface area contributed by atoms with E-state index < -0.39 is 5.41 Å². The fourth-order valence-corrected chi connectivity index (χ4v) is 7.48. The average Bonchev–Trinajstić information content (AvgIpc) is 3.52. The van der Waals surface area contributed by atoms with Crippen LogP contribution in [-0.4, -0.2) is 15.0 Å². The van der Waals surface area contributed by atoms with E-state index in [1.54, 1.807) is 0 Å². The zero-order valence-electron chi connectivity index (χ0n) is 27.6. The number of nitrogens with zero attached hydrogens (tertiary/aromatic N) is 4. The molecule has 0 radical (unpaired) electrons. The highest BCUT2D eigenvalue weighted by atomic mass is 15.0. The Morgan fingerprint density at radius 1 is 0.353 bits per heavy atom. The van der Waals surface area contributed by atoms with Gasteiger partial charge in [0.25, 0.3) is 0 Å². The lowest BCUT2D eigenvalue weighted by molar-refractivity contribution is 0.768. The molecule has 51 heavy (non-hydrogen) atoms. The van der Waals surface area contributed by atoms with Crippen LogP contribution in [0.4, 0.5) is 0 Å². The number of rotatable bonds is 6. The third-order valence-corrected chi connectivity index (χ3v) is 9.89. The van der Waals surface area contributed by atoms with Gasteiger partial charge in [-0.15, -0.1) is 0 Å². The minimum atomic E-state index is -0.543. The molecule has 0 amide bonds. The van der Waals surface area contributed by atoms with Crippen molar-refractivity contribution in [1.29, 1.82) is 5.26 Å². The van der Waals surface area contributed by atoms with E-state index >= 15 is 0 Å². The molecule has 0 unspecified atom stereocenters. The van der Waals surface area contributed by atoms with Gasteiger partial charge in [0.2, 0.25) is 0 Å². The molecule has 1 heterocycles. The number of nitriles is 1. The number of benzene rings is 7. The van der Waals surface area contributed by atoms with Gasteiger partial charge in [-0.2, -0.15) is 5.26 Å². The lowest BCUT2D eigenvalue weighted by Gasteiger charge is -2.34. The highest BCUT2D eigenvalue weighted by Crippen LogP contribution is 2.56. The van der Waals surface area contributed by atoms with E-state index in [0.29, 0.717) is 23.0 Å². The van der Waals surface area contributed by atoms with Gasteiger partial charge in [0.1, 0.15) is 0 Å². The number of aromatic nitrogens is 3. The Bertz CT molecular complexity index is 2450. The first-order valence-corrected chi connectivity index (χ1v) is 17.0. The van der Waals surface area contributed by atoms with Crippen molar-refractivity contribution in [1.82, 2.24) is 15.0 Å². The van der Waals surface area contributed by atoms with Gasteiger partial charge in [-0.3, -0.25) is 0 Å². The maximum absolute atomic E-state index is 9.29. The maximum atomic E-state index is 9.29. The summed E-state index contributed by atoms with van der Waals surface area (Å²) in [6.45, 7) is 0. The minimum Gasteiger partial charge on any atom is -0.208 e. The Balaban J connectivity index is 1.20. The molecular weight excluding hydrogens is 621 g/mol. The van der Waals surface area contributed by atoms with Crippen molar-refractivity contribution in [2.75, 3.05) is 0 Å². The molecule has 0 atom stereocenters. The molecule has 8 aromatic rings. The minimum absolute atomic E-state index is 0.543. The van der Waals surface area contributed by atoms with Gasteiger partial charge in [-0.1, -0.05) is 170 Å². The van der Waals surface area contributed by atoms with E-state index in [4.69, 9.17) is 15.0 Å². The number of hydrogen-bond donors (Lipinski definition) is 0. The van der Waals surface area contributed by atoms with E-state index in [0.717, 1.165) is 33.4 Å². The van der Waals surface area contributed by atoms with Gasteiger partial charge in [-0.25, -0.2) is 15.0 Å². The van der Waals surface area contributed by atoms with E-state index in [1.807, 2.05) is 84.9 Å². The predicted molar refractivity (Wildman–Crippen MR) is 204 cm³/mol.